The van der Waals surface area contributed by atoms with Crippen LogP contribution >= 0.6 is 0 Å². The third-order valence-corrected chi connectivity index (χ3v) is 7.11. The Hall–Kier alpha value is -4.27. The van der Waals surface area contributed by atoms with Crippen molar-refractivity contribution in [1.29, 1.82) is 5.26 Å². The lowest BCUT2D eigenvalue weighted by atomic mass is 10.0. The van der Waals surface area contributed by atoms with Crippen LogP contribution in [0.2, 0.25) is 0 Å². The van der Waals surface area contributed by atoms with Gasteiger partial charge in [0, 0.05) is 24.3 Å². The monoisotopic (exact) mass is 488 g/mol. The molecule has 0 spiro atoms. The van der Waals surface area contributed by atoms with Gasteiger partial charge in [-0.1, -0.05) is 11.3 Å². The van der Waals surface area contributed by atoms with Crippen molar-refractivity contribution < 1.29 is 19.1 Å². The molecule has 2 amide bonds. The lowest BCUT2D eigenvalue weighted by Gasteiger charge is -2.27. The van der Waals surface area contributed by atoms with E-state index in [9.17, 15) is 20.0 Å². The smallest absolute Gasteiger partial charge is 0.407 e. The van der Waals surface area contributed by atoms with Gasteiger partial charge in [-0.3, -0.25) is 9.48 Å². The Morgan fingerprint density at radius 1 is 1.19 bits per heavy atom. The van der Waals surface area contributed by atoms with E-state index in [0.29, 0.717) is 30.0 Å². The second kappa shape index (κ2) is 8.75. The fourth-order valence-corrected chi connectivity index (χ4v) is 5.12. The highest BCUT2D eigenvalue weighted by Crippen LogP contribution is 2.44. The van der Waals surface area contributed by atoms with Crippen molar-refractivity contribution in [3.05, 3.63) is 47.6 Å². The number of hydrogen-bond donors (Lipinski definition) is 1. The standard InChI is InChI=1S/C24H24N8O4/c25-11-14-1-6-19(15-2-3-15)20(9-14)21-27-28-22(36-21)23(33)32(16-4-5-16)18-10-17(31(13-18)24(34)35)12-30-8-7-26-29-30/h1,6-9,15-18H,2-5,10,12-13H2,(H,34,35)/t17-,18+/m0/s1. The lowest BCUT2D eigenvalue weighted by molar-refractivity contribution is 0.0622. The minimum atomic E-state index is -1.03. The van der Waals surface area contributed by atoms with Crippen LogP contribution in [0.15, 0.2) is 35.0 Å². The van der Waals surface area contributed by atoms with Crippen LogP contribution in [-0.2, 0) is 6.54 Å². The number of benzene rings is 1. The van der Waals surface area contributed by atoms with E-state index in [4.69, 9.17) is 4.42 Å². The quantitative estimate of drug-likeness (QED) is 0.528. The lowest BCUT2D eigenvalue weighted by Crippen LogP contribution is -2.44. The van der Waals surface area contributed by atoms with Crippen LogP contribution in [0.5, 0.6) is 0 Å². The van der Waals surface area contributed by atoms with Gasteiger partial charge in [-0.2, -0.15) is 5.26 Å². The molecule has 1 aliphatic heterocycles. The summed E-state index contributed by atoms with van der Waals surface area (Å²) in [5.41, 5.74) is 2.21. The minimum absolute atomic E-state index is 0.0163. The second-order valence-corrected chi connectivity index (χ2v) is 9.65. The van der Waals surface area contributed by atoms with Gasteiger partial charge in [0.25, 0.3) is 0 Å². The number of likely N-dealkylation sites (tertiary alicyclic amines) is 1. The largest absolute Gasteiger partial charge is 0.465 e. The molecule has 0 unspecified atom stereocenters. The highest BCUT2D eigenvalue weighted by molar-refractivity contribution is 5.90. The van der Waals surface area contributed by atoms with E-state index >= 15 is 0 Å². The van der Waals surface area contributed by atoms with Gasteiger partial charge in [-0.15, -0.1) is 15.3 Å². The molecular formula is C24H24N8O4. The molecule has 2 aliphatic carbocycles. The van der Waals surface area contributed by atoms with Gasteiger partial charge in [-0.25, -0.2) is 4.79 Å². The van der Waals surface area contributed by atoms with E-state index in [1.165, 1.54) is 4.90 Å². The topological polar surface area (TPSA) is 154 Å². The summed E-state index contributed by atoms with van der Waals surface area (Å²) in [6, 6.07) is 6.93. The van der Waals surface area contributed by atoms with E-state index in [2.05, 4.69) is 26.6 Å². The van der Waals surface area contributed by atoms with Crippen LogP contribution in [0.1, 0.15) is 59.8 Å². The number of rotatable bonds is 7. The van der Waals surface area contributed by atoms with E-state index in [1.807, 2.05) is 6.07 Å². The average Bonchev–Trinajstić information content (AvgIpc) is 3.74. The Morgan fingerprint density at radius 3 is 2.69 bits per heavy atom. The molecule has 3 aromatic rings. The summed E-state index contributed by atoms with van der Waals surface area (Å²) in [4.78, 5) is 28.6. The first-order valence-corrected chi connectivity index (χ1v) is 12.1. The number of carbonyl (C=O) groups is 2. The third-order valence-electron chi connectivity index (χ3n) is 7.11. The average molecular weight is 489 g/mol. The van der Waals surface area contributed by atoms with Gasteiger partial charge < -0.3 is 19.3 Å². The molecule has 12 nitrogen and oxygen atoms in total. The summed E-state index contributed by atoms with van der Waals surface area (Å²) >= 11 is 0. The zero-order chi connectivity index (χ0) is 24.8. The van der Waals surface area contributed by atoms with Crippen LogP contribution < -0.4 is 0 Å². The molecule has 0 radical (unpaired) electrons. The predicted octanol–water partition coefficient (Wildman–Crippen LogP) is 2.50. The molecule has 1 saturated heterocycles. The van der Waals surface area contributed by atoms with Crippen LogP contribution in [-0.4, -0.2) is 76.8 Å². The van der Waals surface area contributed by atoms with Crippen molar-refractivity contribution >= 4 is 12.0 Å². The van der Waals surface area contributed by atoms with Gasteiger partial charge in [-0.05, 0) is 55.7 Å². The SMILES string of the molecule is N#Cc1ccc(C2CC2)c(-c2nnc(C(=O)N(C3CC3)[C@@H]3C[C@@H](Cn4ccnn4)N(C(=O)O)C3)o2)c1. The minimum Gasteiger partial charge on any atom is -0.465 e. The Balaban J connectivity index is 1.26. The van der Waals surface area contributed by atoms with Crippen molar-refractivity contribution in [3.63, 3.8) is 0 Å². The Kier molecular flexibility index (Phi) is 5.40. The molecule has 2 saturated carbocycles. The predicted molar refractivity (Wildman–Crippen MR) is 123 cm³/mol. The van der Waals surface area contributed by atoms with Crippen molar-refractivity contribution in [2.24, 2.45) is 0 Å². The summed E-state index contributed by atoms with van der Waals surface area (Å²) in [7, 11) is 0. The normalized spacial score (nSPS) is 21.4. The van der Waals surface area contributed by atoms with E-state index < -0.39 is 12.0 Å². The van der Waals surface area contributed by atoms with E-state index in [1.54, 1.807) is 34.1 Å². The highest BCUT2D eigenvalue weighted by atomic mass is 16.4. The number of carbonyl (C=O) groups excluding carboxylic acids is 1. The maximum atomic E-state index is 13.6. The van der Waals surface area contributed by atoms with Crippen LogP contribution in [0.4, 0.5) is 4.79 Å². The molecule has 12 heteroatoms. The Labute approximate surface area is 206 Å². The first-order valence-electron chi connectivity index (χ1n) is 12.1. The molecule has 2 atom stereocenters. The van der Waals surface area contributed by atoms with Crippen molar-refractivity contribution in [1.82, 2.24) is 35.0 Å². The fourth-order valence-electron chi connectivity index (χ4n) is 5.12. The molecule has 184 valence electrons. The molecule has 3 fully saturated rings. The third kappa shape index (κ3) is 4.17. The highest BCUT2D eigenvalue weighted by Gasteiger charge is 2.46. The number of hydrogen-bond acceptors (Lipinski definition) is 8. The van der Waals surface area contributed by atoms with Gasteiger partial charge >= 0.3 is 17.9 Å². The van der Waals surface area contributed by atoms with Crippen LogP contribution in [0.25, 0.3) is 11.5 Å². The van der Waals surface area contributed by atoms with E-state index in [-0.39, 0.29) is 36.5 Å². The fraction of sp³-hybridized carbons (Fsp3) is 0.458. The Bertz CT molecular complexity index is 1340. The van der Waals surface area contributed by atoms with Crippen molar-refractivity contribution in [2.75, 3.05) is 6.54 Å². The number of nitriles is 1. The van der Waals surface area contributed by atoms with Crippen LogP contribution in [0.3, 0.4) is 0 Å². The van der Waals surface area contributed by atoms with Gasteiger partial charge in [0.2, 0.25) is 5.89 Å². The number of aromatic nitrogens is 5. The van der Waals surface area contributed by atoms with Gasteiger partial charge in [0.15, 0.2) is 0 Å². The van der Waals surface area contributed by atoms with Crippen LogP contribution in [0, 0.1) is 11.3 Å². The van der Waals surface area contributed by atoms with E-state index in [0.717, 1.165) is 31.2 Å². The maximum Gasteiger partial charge on any atom is 0.407 e. The summed E-state index contributed by atoms with van der Waals surface area (Å²) in [5.74, 6) is 0.0971. The molecular weight excluding hydrogens is 464 g/mol. The molecule has 3 aliphatic rings. The molecule has 1 N–H and O–H groups in total. The summed E-state index contributed by atoms with van der Waals surface area (Å²) < 4.78 is 7.48. The molecule has 36 heavy (non-hydrogen) atoms. The molecule has 0 bridgehead atoms. The second-order valence-electron chi connectivity index (χ2n) is 9.65. The zero-order valence-corrected chi connectivity index (χ0v) is 19.4. The first kappa shape index (κ1) is 22.2. The van der Waals surface area contributed by atoms with Crippen molar-refractivity contribution in [2.45, 2.75) is 62.7 Å². The number of amides is 2. The van der Waals surface area contributed by atoms with Crippen molar-refractivity contribution in [3.8, 4) is 17.5 Å². The molecule has 3 heterocycles. The number of nitrogens with zero attached hydrogens (tertiary/aromatic N) is 8. The molecule has 6 rings (SSSR count). The maximum absolute atomic E-state index is 13.6. The summed E-state index contributed by atoms with van der Waals surface area (Å²) in [6.45, 7) is 0.563. The van der Waals surface area contributed by atoms with Gasteiger partial charge in [0.05, 0.1) is 36.5 Å². The zero-order valence-electron chi connectivity index (χ0n) is 19.4. The molecule has 2 aromatic heterocycles. The Morgan fingerprint density at radius 2 is 2.03 bits per heavy atom. The number of carboxylic acid groups (broad SMARTS) is 1. The van der Waals surface area contributed by atoms with Gasteiger partial charge in [0.1, 0.15) is 0 Å². The first-order chi connectivity index (χ1) is 17.5. The molecule has 1 aromatic carbocycles. The summed E-state index contributed by atoms with van der Waals surface area (Å²) in [6.07, 6.45) is 6.50. The summed E-state index contributed by atoms with van der Waals surface area (Å²) in [5, 5.41) is 35.1.